The van der Waals surface area contributed by atoms with E-state index in [4.69, 9.17) is 19.9 Å². The number of hydrogen-bond acceptors (Lipinski definition) is 16. The van der Waals surface area contributed by atoms with Crippen molar-refractivity contribution in [3.63, 3.8) is 0 Å². The molecule has 2 atom stereocenters. The Morgan fingerprint density at radius 3 is 1.25 bits per heavy atom. The summed E-state index contributed by atoms with van der Waals surface area (Å²) in [6, 6.07) is 36.2. The van der Waals surface area contributed by atoms with Crippen molar-refractivity contribution < 1.29 is 19.2 Å². The minimum absolute atomic E-state index is 0.0660. The number of aryl methyl sites for hydroxylation is 2. The fourth-order valence-electron chi connectivity index (χ4n) is 14.1. The molecule has 11 rings (SSSR count). The number of fused-ring (bicyclic) bond motifs is 12. The standard InChI is InChI=1S/C84H106N16O4S2/c1-51-57(31-33-75(101)85-35-21-37-87-79-59-23-15-17-29-65(59)95-81-61(79)25-19-27-63(81)83(103)89-39-41-97(7)8)71-50-72-58(32-34-76(102)86-36-22-38-88-80-60-24-16-18-30-66(60)96-82-62(80)26-20-28-64(82)84(104)90-40-42-98(9)10)52(2)68(92-72)48-73-78(56(6)106-46-44-100(13)14)54(4)70(94-73)49-74-77(55(5)105-45-43-99(11)12)53(3)69(93-74)47-67(51)91-71/h15-20,23-30,47-50,55-56,93-94H,21-22,31-46H2,1-14H3,(H,85,101)(H,86,102)(H,87,95)(H,88,96)(H,89,103)(H,90,104). The Morgan fingerprint density at radius 2 is 0.821 bits per heavy atom. The van der Waals surface area contributed by atoms with Gasteiger partial charge >= 0.3 is 0 Å². The van der Waals surface area contributed by atoms with Gasteiger partial charge in [0.1, 0.15) is 0 Å². The molecule has 2 aliphatic rings. The summed E-state index contributed by atoms with van der Waals surface area (Å²) in [5.74, 6) is 1.48. The third kappa shape index (κ3) is 18.8. The number of aromatic amines is 2. The Kier molecular flexibility index (Phi) is 26.4. The van der Waals surface area contributed by atoms with E-state index in [2.05, 4.69) is 146 Å². The fraction of sp³-hybridized carbons (Fsp3) is 0.405. The lowest BCUT2D eigenvalue weighted by Gasteiger charge is -2.16. The van der Waals surface area contributed by atoms with Crippen molar-refractivity contribution in [2.45, 2.75) is 90.6 Å². The highest BCUT2D eigenvalue weighted by atomic mass is 32.2. The van der Waals surface area contributed by atoms with Crippen molar-refractivity contribution in [2.75, 3.05) is 144 Å². The molecule has 4 aromatic carbocycles. The average Bonchev–Trinajstić information content (AvgIpc) is 0.979. The number of rotatable bonds is 34. The molecule has 8 N–H and O–H groups in total. The van der Waals surface area contributed by atoms with Crippen LogP contribution in [0.5, 0.6) is 0 Å². The summed E-state index contributed by atoms with van der Waals surface area (Å²) in [5.41, 5.74) is 21.6. The summed E-state index contributed by atoms with van der Waals surface area (Å²) in [7, 11) is 16.4. The molecule has 558 valence electrons. The minimum Gasteiger partial charge on any atom is -0.384 e. The van der Waals surface area contributed by atoms with Crippen molar-refractivity contribution >= 4 is 146 Å². The van der Waals surface area contributed by atoms with Gasteiger partial charge < -0.3 is 61.5 Å². The van der Waals surface area contributed by atoms with E-state index in [1.807, 2.05) is 146 Å². The summed E-state index contributed by atoms with van der Waals surface area (Å²) >= 11 is 3.91. The first-order valence-electron chi connectivity index (χ1n) is 37.2. The maximum absolute atomic E-state index is 14.2. The SMILES string of the molecule is CC1=C(CCC(=O)NCCCNc2c3ccccc3nc3c(C(=O)NCCN(C)C)cccc23)c2cc3nc(cc4[nH]c(cc5[nH]c(cc1n2)c(C)c5C(C)SCCN(C)C)c(C)c4C(C)SCCN(C)C)C(C)=C3CCC(=O)NCCCNc1c2ccccc2nc2c(C(=O)NCCN(C)C)cccc12. The molecule has 22 heteroatoms. The lowest BCUT2D eigenvalue weighted by Crippen LogP contribution is -2.31. The van der Waals surface area contributed by atoms with E-state index in [1.165, 1.54) is 22.3 Å². The van der Waals surface area contributed by atoms with E-state index >= 15 is 0 Å². The van der Waals surface area contributed by atoms with Crippen LogP contribution in [0, 0.1) is 13.8 Å². The predicted molar refractivity (Wildman–Crippen MR) is 445 cm³/mol. The van der Waals surface area contributed by atoms with Gasteiger partial charge in [-0.2, -0.15) is 23.5 Å². The molecule has 0 radical (unpaired) electrons. The number of pyridine rings is 2. The number of carbonyl (C=O) groups is 4. The number of carbonyl (C=O) groups excluding carboxylic acids is 4. The van der Waals surface area contributed by atoms with E-state index in [-0.39, 0.29) is 47.0 Å². The number of thioether (sulfide) groups is 2. The third-order valence-corrected chi connectivity index (χ3v) is 22.3. The Balaban J connectivity index is 0.869. The van der Waals surface area contributed by atoms with Gasteiger partial charge in [0.2, 0.25) is 11.8 Å². The Labute approximate surface area is 632 Å². The predicted octanol–water partition coefficient (Wildman–Crippen LogP) is 14.3. The first-order valence-corrected chi connectivity index (χ1v) is 39.3. The quantitative estimate of drug-likeness (QED) is 0.0138. The number of allylic oxidation sites excluding steroid dienone is 4. The van der Waals surface area contributed by atoms with Crippen LogP contribution < -0.4 is 31.9 Å². The first-order chi connectivity index (χ1) is 51.0. The number of para-hydroxylation sites is 4. The number of anilines is 2. The zero-order valence-electron chi connectivity index (χ0n) is 64.3. The molecule has 2 unspecified atom stereocenters. The highest BCUT2D eigenvalue weighted by molar-refractivity contribution is 7.99. The highest BCUT2D eigenvalue weighted by Gasteiger charge is 2.26. The van der Waals surface area contributed by atoms with Crippen LogP contribution in [0.3, 0.4) is 0 Å². The van der Waals surface area contributed by atoms with Crippen molar-refractivity contribution in [1.29, 1.82) is 0 Å². The molecule has 20 nitrogen and oxygen atoms in total. The van der Waals surface area contributed by atoms with Crippen molar-refractivity contribution in [1.82, 2.24) is 70.8 Å². The molecule has 0 saturated carbocycles. The summed E-state index contributed by atoms with van der Waals surface area (Å²) in [6.45, 7) is 19.7. The molecule has 7 heterocycles. The average molecular weight is 1470 g/mol. The van der Waals surface area contributed by atoms with Gasteiger partial charge in [0.25, 0.3) is 11.8 Å². The molecule has 2 aliphatic heterocycles. The fourth-order valence-corrected chi connectivity index (χ4v) is 16.7. The zero-order chi connectivity index (χ0) is 75.3. The molecule has 0 fully saturated rings. The molecule has 8 bridgehead atoms. The lowest BCUT2D eigenvalue weighted by atomic mass is 9.98. The minimum atomic E-state index is -0.165. The normalized spacial score (nSPS) is 13.2. The monoisotopic (exact) mass is 1470 g/mol. The van der Waals surface area contributed by atoms with E-state index in [0.29, 0.717) is 87.1 Å². The van der Waals surface area contributed by atoms with Gasteiger partial charge in [0.15, 0.2) is 0 Å². The van der Waals surface area contributed by atoms with Gasteiger partial charge in [-0.05, 0) is 217 Å². The van der Waals surface area contributed by atoms with Crippen LogP contribution >= 0.6 is 23.5 Å². The summed E-state index contributed by atoms with van der Waals surface area (Å²) in [6.07, 6.45) is 2.62. The number of aromatic nitrogens is 6. The Hall–Kier alpha value is -9.16. The van der Waals surface area contributed by atoms with E-state index < -0.39 is 0 Å². The van der Waals surface area contributed by atoms with Crippen LogP contribution in [0.4, 0.5) is 11.4 Å². The number of hydrogen-bond donors (Lipinski definition) is 8. The van der Waals surface area contributed by atoms with E-state index in [1.54, 1.807) is 0 Å². The maximum atomic E-state index is 14.2. The van der Waals surface area contributed by atoms with Crippen LogP contribution in [0.15, 0.2) is 109 Å². The number of likely N-dealkylation sites (N-methyl/N-ethyl adjacent to an activating group) is 2. The van der Waals surface area contributed by atoms with Crippen molar-refractivity contribution in [2.24, 2.45) is 0 Å². The van der Waals surface area contributed by atoms with Gasteiger partial charge in [-0.1, -0.05) is 60.7 Å². The number of nitrogens with zero attached hydrogens (tertiary/aromatic N) is 8. The van der Waals surface area contributed by atoms with Crippen LogP contribution in [0.1, 0.15) is 142 Å². The molecule has 4 amide bonds. The second-order valence-electron chi connectivity index (χ2n) is 29.0. The summed E-state index contributed by atoms with van der Waals surface area (Å²) in [4.78, 5) is 92.8. The van der Waals surface area contributed by atoms with E-state index in [0.717, 1.165) is 149 Å². The van der Waals surface area contributed by atoms with Gasteiger partial charge in [0.05, 0.1) is 67.3 Å². The molecule has 0 saturated heterocycles. The van der Waals surface area contributed by atoms with Crippen LogP contribution in [-0.4, -0.2) is 206 Å². The van der Waals surface area contributed by atoms with Gasteiger partial charge in [-0.25, -0.2) is 19.9 Å². The van der Waals surface area contributed by atoms with Gasteiger partial charge in [-0.3, -0.25) is 19.2 Å². The molecule has 0 spiro atoms. The Morgan fingerprint density at radius 1 is 0.425 bits per heavy atom. The molecule has 0 aliphatic carbocycles. The van der Waals surface area contributed by atoms with Gasteiger partial charge in [0, 0.05) is 144 Å². The van der Waals surface area contributed by atoms with Crippen LogP contribution in [0.2, 0.25) is 0 Å². The number of nitrogens with one attached hydrogen (secondary N) is 8. The van der Waals surface area contributed by atoms with Crippen LogP contribution in [0.25, 0.3) is 88.0 Å². The van der Waals surface area contributed by atoms with Crippen molar-refractivity contribution in [3.8, 4) is 0 Å². The highest BCUT2D eigenvalue weighted by Crippen LogP contribution is 2.43. The molecular formula is C84H106N16O4S2. The molecule has 106 heavy (non-hydrogen) atoms. The lowest BCUT2D eigenvalue weighted by molar-refractivity contribution is -0.121. The largest absolute Gasteiger partial charge is 0.384 e. The first kappa shape index (κ1) is 77.9. The van der Waals surface area contributed by atoms with Crippen LogP contribution in [-0.2, 0) is 9.59 Å². The molecular weight excluding hydrogens is 1360 g/mol. The smallest absolute Gasteiger partial charge is 0.253 e. The van der Waals surface area contributed by atoms with E-state index in [9.17, 15) is 19.2 Å². The summed E-state index contributed by atoms with van der Waals surface area (Å²) < 4.78 is 0. The Bertz CT molecular complexity index is 4980. The van der Waals surface area contributed by atoms with Gasteiger partial charge in [-0.15, -0.1) is 0 Å². The topological polar surface area (TPSA) is 237 Å². The second-order valence-corrected chi connectivity index (χ2v) is 31.9. The summed E-state index contributed by atoms with van der Waals surface area (Å²) in [5, 5.41) is 23.9. The van der Waals surface area contributed by atoms with Crippen molar-refractivity contribution in [3.05, 3.63) is 165 Å². The third-order valence-electron chi connectivity index (χ3n) is 20.0. The molecule has 9 aromatic rings. The zero-order valence-corrected chi connectivity index (χ0v) is 65.9. The number of benzene rings is 4. The second kappa shape index (κ2) is 36.0. The molecule has 5 aromatic heterocycles. The number of H-pyrrole nitrogens is 2. The number of amides is 4. The maximum Gasteiger partial charge on any atom is 0.253 e.